The lowest BCUT2D eigenvalue weighted by atomic mass is 10.2. The fourth-order valence-electron chi connectivity index (χ4n) is 1.54. The van der Waals surface area contributed by atoms with E-state index in [1.165, 1.54) is 12.8 Å². The molecule has 0 radical (unpaired) electrons. The third-order valence-electron chi connectivity index (χ3n) is 2.40. The summed E-state index contributed by atoms with van der Waals surface area (Å²) >= 11 is 5.78. The van der Waals surface area contributed by atoms with Gasteiger partial charge in [-0.25, -0.2) is 0 Å². The van der Waals surface area contributed by atoms with Crippen molar-refractivity contribution in [2.75, 3.05) is 13.2 Å². The van der Waals surface area contributed by atoms with E-state index >= 15 is 0 Å². The Morgan fingerprint density at radius 2 is 2.00 bits per heavy atom. The molecule has 0 saturated heterocycles. The van der Waals surface area contributed by atoms with Crippen molar-refractivity contribution in [2.45, 2.75) is 32.7 Å². The molecule has 0 aliphatic heterocycles. The van der Waals surface area contributed by atoms with Crippen LogP contribution in [0.25, 0.3) is 0 Å². The number of hydrogen-bond acceptors (Lipinski definition) is 2. The van der Waals surface area contributed by atoms with Crippen LogP contribution in [-0.4, -0.2) is 19.2 Å². The zero-order chi connectivity index (χ0) is 11.8. The van der Waals surface area contributed by atoms with Crippen LogP contribution in [0.3, 0.4) is 0 Å². The molecule has 0 aromatic heterocycles. The van der Waals surface area contributed by atoms with Gasteiger partial charge in [-0.3, -0.25) is 0 Å². The largest absolute Gasteiger partial charge is 0.492 e. The van der Waals surface area contributed by atoms with E-state index in [-0.39, 0.29) is 0 Å². The summed E-state index contributed by atoms with van der Waals surface area (Å²) in [6, 6.07) is 8.02. The van der Waals surface area contributed by atoms with Crippen LogP contribution in [0.15, 0.2) is 24.3 Å². The van der Waals surface area contributed by atoms with Gasteiger partial charge in [-0.1, -0.05) is 24.9 Å². The van der Waals surface area contributed by atoms with E-state index in [9.17, 15) is 0 Å². The highest BCUT2D eigenvalue weighted by atomic mass is 35.5. The van der Waals surface area contributed by atoms with Gasteiger partial charge in [0.25, 0.3) is 0 Å². The number of benzene rings is 1. The average molecular weight is 242 g/mol. The molecule has 1 N–H and O–H groups in total. The summed E-state index contributed by atoms with van der Waals surface area (Å²) < 4.78 is 5.57. The molecule has 0 aliphatic rings. The minimum atomic E-state index is 0.568. The van der Waals surface area contributed by atoms with Crippen molar-refractivity contribution in [2.24, 2.45) is 0 Å². The summed E-state index contributed by atoms with van der Waals surface area (Å²) in [4.78, 5) is 0. The van der Waals surface area contributed by atoms with Gasteiger partial charge in [0.05, 0.1) is 0 Å². The molecule has 0 aliphatic carbocycles. The summed E-state index contributed by atoms with van der Waals surface area (Å²) in [7, 11) is 0. The first-order chi connectivity index (χ1) is 7.72. The zero-order valence-electron chi connectivity index (χ0n) is 10.0. The summed E-state index contributed by atoms with van der Waals surface area (Å²) in [6.07, 6.45) is 2.42. The smallest absolute Gasteiger partial charge is 0.119 e. The van der Waals surface area contributed by atoms with Crippen molar-refractivity contribution in [1.29, 1.82) is 0 Å². The predicted octanol–water partition coefficient (Wildman–Crippen LogP) is 3.50. The van der Waals surface area contributed by atoms with Crippen LogP contribution in [-0.2, 0) is 0 Å². The van der Waals surface area contributed by atoms with E-state index in [2.05, 4.69) is 19.2 Å². The van der Waals surface area contributed by atoms with Crippen LogP contribution in [0.2, 0.25) is 5.02 Å². The Bertz CT molecular complexity index is 286. The molecule has 1 atom stereocenters. The molecule has 0 heterocycles. The topological polar surface area (TPSA) is 21.3 Å². The standard InChI is InChI=1S/C13H20ClNO/c1-3-4-11(2)15-9-10-16-13-7-5-12(14)6-8-13/h5-8,11,15H,3-4,9-10H2,1-2H3. The molecule has 0 bridgehead atoms. The zero-order valence-corrected chi connectivity index (χ0v) is 10.8. The summed E-state index contributed by atoms with van der Waals surface area (Å²) in [5.41, 5.74) is 0. The van der Waals surface area contributed by atoms with Gasteiger partial charge < -0.3 is 10.1 Å². The van der Waals surface area contributed by atoms with Gasteiger partial charge >= 0.3 is 0 Å². The first-order valence-electron chi connectivity index (χ1n) is 5.84. The second-order valence-corrected chi connectivity index (χ2v) is 4.38. The lowest BCUT2D eigenvalue weighted by Crippen LogP contribution is -2.29. The number of nitrogens with one attached hydrogen (secondary N) is 1. The Balaban J connectivity index is 2.13. The normalized spacial score (nSPS) is 12.4. The maximum atomic E-state index is 5.78. The molecule has 0 spiro atoms. The summed E-state index contributed by atoms with van der Waals surface area (Å²) in [6.45, 7) is 5.97. The molecule has 16 heavy (non-hydrogen) atoms. The van der Waals surface area contributed by atoms with E-state index in [0.717, 1.165) is 17.3 Å². The van der Waals surface area contributed by atoms with Gasteiger partial charge in [0.15, 0.2) is 0 Å². The van der Waals surface area contributed by atoms with Gasteiger partial charge in [0, 0.05) is 17.6 Å². The third kappa shape index (κ3) is 5.38. The van der Waals surface area contributed by atoms with Gasteiger partial charge in [0.2, 0.25) is 0 Å². The highest BCUT2D eigenvalue weighted by Crippen LogP contribution is 2.15. The Hall–Kier alpha value is -0.730. The van der Waals surface area contributed by atoms with Crippen LogP contribution < -0.4 is 10.1 Å². The molecule has 0 fully saturated rings. The van der Waals surface area contributed by atoms with E-state index in [1.807, 2.05) is 24.3 Å². The Kier molecular flexibility index (Phi) is 6.27. The van der Waals surface area contributed by atoms with Gasteiger partial charge in [0.1, 0.15) is 12.4 Å². The predicted molar refractivity (Wildman–Crippen MR) is 69.3 cm³/mol. The molecule has 1 aromatic rings. The quantitative estimate of drug-likeness (QED) is 0.738. The van der Waals surface area contributed by atoms with Crippen LogP contribution in [0.4, 0.5) is 0 Å². The second kappa shape index (κ2) is 7.53. The second-order valence-electron chi connectivity index (χ2n) is 3.95. The Labute approximate surface area is 103 Å². The van der Waals surface area contributed by atoms with Crippen molar-refractivity contribution >= 4 is 11.6 Å². The van der Waals surface area contributed by atoms with Crippen LogP contribution in [0.5, 0.6) is 5.75 Å². The van der Waals surface area contributed by atoms with Gasteiger partial charge in [-0.2, -0.15) is 0 Å². The molecule has 0 amide bonds. The first-order valence-corrected chi connectivity index (χ1v) is 6.22. The third-order valence-corrected chi connectivity index (χ3v) is 2.65. The van der Waals surface area contributed by atoms with Crippen molar-refractivity contribution in [3.05, 3.63) is 29.3 Å². The minimum Gasteiger partial charge on any atom is -0.492 e. The molecule has 1 aromatic carbocycles. The average Bonchev–Trinajstić information content (AvgIpc) is 2.27. The van der Waals surface area contributed by atoms with Crippen molar-refractivity contribution in [1.82, 2.24) is 5.32 Å². The lowest BCUT2D eigenvalue weighted by Gasteiger charge is -2.13. The summed E-state index contributed by atoms with van der Waals surface area (Å²) in [5, 5.41) is 4.15. The molecular weight excluding hydrogens is 222 g/mol. The van der Waals surface area contributed by atoms with E-state index in [0.29, 0.717) is 12.6 Å². The molecule has 3 heteroatoms. The fraction of sp³-hybridized carbons (Fsp3) is 0.538. The van der Waals surface area contributed by atoms with Gasteiger partial charge in [-0.05, 0) is 37.6 Å². The fourth-order valence-corrected chi connectivity index (χ4v) is 1.67. The molecule has 1 unspecified atom stereocenters. The molecule has 90 valence electrons. The van der Waals surface area contributed by atoms with Crippen LogP contribution in [0.1, 0.15) is 26.7 Å². The number of halogens is 1. The maximum Gasteiger partial charge on any atom is 0.119 e. The van der Waals surface area contributed by atoms with Crippen LogP contribution >= 0.6 is 11.6 Å². The number of rotatable bonds is 7. The molecular formula is C13H20ClNO. The SMILES string of the molecule is CCCC(C)NCCOc1ccc(Cl)cc1. The maximum absolute atomic E-state index is 5.78. The summed E-state index contributed by atoms with van der Waals surface area (Å²) in [5.74, 6) is 0.870. The lowest BCUT2D eigenvalue weighted by molar-refractivity contribution is 0.305. The highest BCUT2D eigenvalue weighted by molar-refractivity contribution is 6.30. The Morgan fingerprint density at radius 3 is 2.62 bits per heavy atom. The minimum absolute atomic E-state index is 0.568. The van der Waals surface area contributed by atoms with Crippen molar-refractivity contribution < 1.29 is 4.74 Å². The van der Waals surface area contributed by atoms with Gasteiger partial charge in [-0.15, -0.1) is 0 Å². The van der Waals surface area contributed by atoms with E-state index in [1.54, 1.807) is 0 Å². The van der Waals surface area contributed by atoms with Crippen molar-refractivity contribution in [3.63, 3.8) is 0 Å². The van der Waals surface area contributed by atoms with E-state index in [4.69, 9.17) is 16.3 Å². The molecule has 2 nitrogen and oxygen atoms in total. The van der Waals surface area contributed by atoms with E-state index < -0.39 is 0 Å². The molecule has 1 rings (SSSR count). The first kappa shape index (κ1) is 13.3. The molecule has 0 saturated carbocycles. The number of hydrogen-bond donors (Lipinski definition) is 1. The Morgan fingerprint density at radius 1 is 1.31 bits per heavy atom. The van der Waals surface area contributed by atoms with Crippen molar-refractivity contribution in [3.8, 4) is 5.75 Å². The highest BCUT2D eigenvalue weighted by Gasteiger charge is 1.98. The van der Waals surface area contributed by atoms with Crippen LogP contribution in [0, 0.1) is 0 Å². The number of ether oxygens (including phenoxy) is 1. The monoisotopic (exact) mass is 241 g/mol.